The number of ether oxygens (including phenoxy) is 1. The molecule has 17 heavy (non-hydrogen) atoms. The molecule has 0 fully saturated rings. The molecule has 0 rings (SSSR count). The lowest BCUT2D eigenvalue weighted by Crippen LogP contribution is -2.28. The van der Waals surface area contributed by atoms with E-state index < -0.39 is 14.6 Å². The fraction of sp³-hybridized carbons (Fsp3) is 0.556. The van der Waals surface area contributed by atoms with E-state index in [2.05, 4.69) is 16.4 Å². The van der Waals surface area contributed by atoms with Gasteiger partial charge in [-0.3, -0.25) is 4.79 Å². The van der Waals surface area contributed by atoms with Crippen LogP contribution in [-0.4, -0.2) is 41.4 Å². The summed E-state index contributed by atoms with van der Waals surface area (Å²) < 4.78 is 9.14. The van der Waals surface area contributed by atoms with Gasteiger partial charge in [-0.2, -0.15) is 0 Å². The Morgan fingerprint density at radius 1 is 1.35 bits per heavy atom. The van der Waals surface area contributed by atoms with Crippen molar-refractivity contribution in [3.05, 3.63) is 12.2 Å². The van der Waals surface area contributed by atoms with Gasteiger partial charge in [0.1, 0.15) is 6.61 Å². The SMILES string of the molecule is C=C(C)C(=O)OCCC(=O)NCCOP(O)O. The summed E-state index contributed by atoms with van der Waals surface area (Å²) in [5.74, 6) is -0.851. The van der Waals surface area contributed by atoms with Gasteiger partial charge >= 0.3 is 14.6 Å². The highest BCUT2D eigenvalue weighted by molar-refractivity contribution is 7.39. The summed E-state index contributed by atoms with van der Waals surface area (Å²) in [6, 6.07) is 0. The fourth-order valence-electron chi connectivity index (χ4n) is 0.766. The topological polar surface area (TPSA) is 105 Å². The van der Waals surface area contributed by atoms with E-state index in [0.717, 1.165) is 0 Å². The second-order valence-corrected chi connectivity index (χ2v) is 3.87. The van der Waals surface area contributed by atoms with E-state index in [1.807, 2.05) is 0 Å². The predicted molar refractivity (Wildman–Crippen MR) is 60.7 cm³/mol. The number of hydrogen-bond acceptors (Lipinski definition) is 6. The summed E-state index contributed by atoms with van der Waals surface area (Å²) >= 11 is 0. The molecule has 0 unspecified atom stereocenters. The number of carbonyl (C=O) groups excluding carboxylic acids is 2. The van der Waals surface area contributed by atoms with Gasteiger partial charge in [0, 0.05) is 12.1 Å². The molecule has 0 atom stereocenters. The lowest BCUT2D eigenvalue weighted by molar-refractivity contribution is -0.139. The van der Waals surface area contributed by atoms with Crippen LogP contribution in [0.15, 0.2) is 12.2 Å². The van der Waals surface area contributed by atoms with Crippen molar-refractivity contribution in [2.24, 2.45) is 0 Å². The summed E-state index contributed by atoms with van der Waals surface area (Å²) in [6.45, 7) is 5.06. The minimum atomic E-state index is -2.39. The molecule has 0 aromatic heterocycles. The van der Waals surface area contributed by atoms with Crippen molar-refractivity contribution < 1.29 is 28.6 Å². The van der Waals surface area contributed by atoms with E-state index in [9.17, 15) is 9.59 Å². The lowest BCUT2D eigenvalue weighted by Gasteiger charge is -2.07. The van der Waals surface area contributed by atoms with Crippen LogP contribution in [0.25, 0.3) is 0 Å². The van der Waals surface area contributed by atoms with Crippen LogP contribution >= 0.6 is 8.60 Å². The van der Waals surface area contributed by atoms with Gasteiger partial charge in [-0.1, -0.05) is 6.58 Å². The summed E-state index contributed by atoms with van der Waals surface area (Å²) in [4.78, 5) is 38.9. The first-order valence-electron chi connectivity index (χ1n) is 4.83. The normalized spacial score (nSPS) is 10.1. The molecule has 1 amide bonds. The first kappa shape index (κ1) is 16.0. The van der Waals surface area contributed by atoms with Crippen molar-refractivity contribution in [2.75, 3.05) is 19.8 Å². The van der Waals surface area contributed by atoms with Gasteiger partial charge in [-0.25, -0.2) is 4.79 Å². The van der Waals surface area contributed by atoms with Crippen molar-refractivity contribution in [1.29, 1.82) is 0 Å². The maximum absolute atomic E-state index is 11.1. The van der Waals surface area contributed by atoms with Gasteiger partial charge in [0.2, 0.25) is 5.91 Å². The molecule has 0 bridgehead atoms. The quantitative estimate of drug-likeness (QED) is 0.244. The van der Waals surface area contributed by atoms with Crippen LogP contribution in [0.1, 0.15) is 13.3 Å². The average molecular weight is 265 g/mol. The maximum atomic E-state index is 11.1. The Bertz CT molecular complexity index is 281. The molecule has 0 aliphatic heterocycles. The Hall–Kier alpha value is -1.01. The molecule has 0 aliphatic rings. The molecule has 0 saturated carbocycles. The standard InChI is InChI=1S/C9H16NO6P/c1-7(2)9(12)15-5-3-8(11)10-4-6-16-17(13)14/h13-14H,1,3-6H2,2H3,(H,10,11). The molecule has 98 valence electrons. The third kappa shape index (κ3) is 9.89. The van der Waals surface area contributed by atoms with Crippen molar-refractivity contribution in [1.82, 2.24) is 5.32 Å². The number of esters is 1. The molecule has 0 aromatic carbocycles. The van der Waals surface area contributed by atoms with Crippen LogP contribution < -0.4 is 5.32 Å². The number of nitrogens with one attached hydrogen (secondary N) is 1. The maximum Gasteiger partial charge on any atom is 0.333 e. The van der Waals surface area contributed by atoms with E-state index in [-0.39, 0.29) is 37.7 Å². The van der Waals surface area contributed by atoms with Crippen molar-refractivity contribution in [3.8, 4) is 0 Å². The van der Waals surface area contributed by atoms with Crippen LogP contribution in [0, 0.1) is 0 Å². The van der Waals surface area contributed by atoms with Gasteiger partial charge < -0.3 is 24.4 Å². The van der Waals surface area contributed by atoms with Crippen molar-refractivity contribution in [2.45, 2.75) is 13.3 Å². The van der Waals surface area contributed by atoms with Crippen LogP contribution in [0.2, 0.25) is 0 Å². The second kappa shape index (κ2) is 9.07. The zero-order valence-electron chi connectivity index (χ0n) is 9.51. The molecule has 0 aliphatic carbocycles. The predicted octanol–water partition coefficient (Wildman–Crippen LogP) is -0.160. The number of amides is 1. The lowest BCUT2D eigenvalue weighted by atomic mass is 10.3. The van der Waals surface area contributed by atoms with E-state index in [1.54, 1.807) is 0 Å². The van der Waals surface area contributed by atoms with E-state index in [1.165, 1.54) is 6.92 Å². The first-order valence-corrected chi connectivity index (χ1v) is 6.00. The highest BCUT2D eigenvalue weighted by Gasteiger charge is 2.06. The Morgan fingerprint density at radius 2 is 2.00 bits per heavy atom. The van der Waals surface area contributed by atoms with E-state index in [4.69, 9.17) is 14.5 Å². The molecular weight excluding hydrogens is 249 g/mol. The molecule has 0 spiro atoms. The van der Waals surface area contributed by atoms with Gasteiger partial charge in [0.15, 0.2) is 0 Å². The summed E-state index contributed by atoms with van der Waals surface area (Å²) in [5, 5.41) is 2.45. The smallest absolute Gasteiger partial charge is 0.333 e. The second-order valence-electron chi connectivity index (χ2n) is 3.10. The van der Waals surface area contributed by atoms with E-state index in [0.29, 0.717) is 0 Å². The molecule has 0 saturated heterocycles. The highest BCUT2D eigenvalue weighted by atomic mass is 31.2. The van der Waals surface area contributed by atoms with Gasteiger partial charge in [0.05, 0.1) is 13.0 Å². The minimum absolute atomic E-state index is 0.00992. The van der Waals surface area contributed by atoms with Crippen LogP contribution in [0.3, 0.4) is 0 Å². The average Bonchev–Trinajstić information content (AvgIpc) is 2.23. The van der Waals surface area contributed by atoms with Crippen LogP contribution in [-0.2, 0) is 18.8 Å². The highest BCUT2D eigenvalue weighted by Crippen LogP contribution is 2.22. The molecule has 8 heteroatoms. The molecule has 3 N–H and O–H groups in total. The fourth-order valence-corrected chi connectivity index (χ4v) is 1.02. The van der Waals surface area contributed by atoms with Crippen LogP contribution in [0.5, 0.6) is 0 Å². The molecule has 7 nitrogen and oxygen atoms in total. The van der Waals surface area contributed by atoms with Crippen molar-refractivity contribution >= 4 is 20.5 Å². The number of rotatable bonds is 8. The molecule has 0 aromatic rings. The monoisotopic (exact) mass is 265 g/mol. The zero-order valence-corrected chi connectivity index (χ0v) is 10.4. The van der Waals surface area contributed by atoms with Crippen LogP contribution in [0.4, 0.5) is 0 Å². The Morgan fingerprint density at radius 3 is 2.53 bits per heavy atom. The Balaban J connectivity index is 3.47. The van der Waals surface area contributed by atoms with E-state index >= 15 is 0 Å². The van der Waals surface area contributed by atoms with Crippen molar-refractivity contribution in [3.63, 3.8) is 0 Å². The number of hydrogen-bond donors (Lipinski definition) is 3. The van der Waals surface area contributed by atoms with Gasteiger partial charge in [-0.15, -0.1) is 0 Å². The Labute approximate surface area is 100 Å². The first-order chi connectivity index (χ1) is 7.93. The third-order valence-corrected chi connectivity index (χ3v) is 1.96. The van der Waals surface area contributed by atoms with Gasteiger partial charge in [0.25, 0.3) is 0 Å². The minimum Gasteiger partial charge on any atom is -0.462 e. The molecule has 0 radical (unpaired) electrons. The summed E-state index contributed by atoms with van der Waals surface area (Å²) in [5.41, 5.74) is 0.276. The zero-order chi connectivity index (χ0) is 13.3. The largest absolute Gasteiger partial charge is 0.462 e. The molecular formula is C9H16NO6P. The summed E-state index contributed by atoms with van der Waals surface area (Å²) in [7, 11) is -2.39. The third-order valence-electron chi connectivity index (χ3n) is 1.54. The Kier molecular flexibility index (Phi) is 8.53. The van der Waals surface area contributed by atoms with Gasteiger partial charge in [-0.05, 0) is 6.92 Å². The number of carbonyl (C=O) groups is 2. The summed E-state index contributed by atoms with van der Waals surface area (Å²) in [6.07, 6.45) is 0.0338. The molecule has 0 heterocycles.